The normalized spacial score (nSPS) is 21.2. The third-order valence-electron chi connectivity index (χ3n) is 3.49. The highest BCUT2D eigenvalue weighted by molar-refractivity contribution is 5.83. The molecule has 4 nitrogen and oxygen atoms in total. The zero-order valence-electron chi connectivity index (χ0n) is 11.1. The van der Waals surface area contributed by atoms with Crippen LogP contribution in [-0.4, -0.2) is 37.6 Å². The van der Waals surface area contributed by atoms with Crippen molar-refractivity contribution in [1.29, 1.82) is 0 Å². The van der Waals surface area contributed by atoms with Crippen LogP contribution in [0.4, 0.5) is 0 Å². The van der Waals surface area contributed by atoms with Gasteiger partial charge >= 0.3 is 0 Å². The first-order valence-corrected chi connectivity index (χ1v) is 6.27. The summed E-state index contributed by atoms with van der Waals surface area (Å²) in [6.07, 6.45) is 0.885. The fourth-order valence-corrected chi connectivity index (χ4v) is 2.27. The van der Waals surface area contributed by atoms with Gasteiger partial charge in [-0.1, -0.05) is 12.1 Å². The summed E-state index contributed by atoms with van der Waals surface area (Å²) in [5, 5.41) is 3.38. The summed E-state index contributed by atoms with van der Waals surface area (Å²) in [4.78, 5) is 13.6. The summed E-state index contributed by atoms with van der Waals surface area (Å²) in [6, 6.07) is 8.05. The molecule has 1 aliphatic heterocycles. The van der Waals surface area contributed by atoms with E-state index < -0.39 is 0 Å². The van der Waals surface area contributed by atoms with E-state index in [4.69, 9.17) is 4.74 Å². The van der Waals surface area contributed by atoms with E-state index in [1.165, 1.54) is 0 Å². The molecule has 4 heteroatoms. The van der Waals surface area contributed by atoms with Gasteiger partial charge in [-0.2, -0.15) is 0 Å². The Labute approximate surface area is 108 Å². The number of nitrogens with one attached hydrogen (secondary N) is 1. The Balaban J connectivity index is 1.98. The Morgan fingerprint density at radius 2 is 2.06 bits per heavy atom. The van der Waals surface area contributed by atoms with Crippen LogP contribution in [0.2, 0.25) is 0 Å². The number of methoxy groups -OCH3 is 1. The molecule has 1 N–H and O–H groups in total. The zero-order chi connectivity index (χ0) is 13.1. The molecule has 1 unspecified atom stereocenters. The fourth-order valence-electron chi connectivity index (χ4n) is 2.27. The third-order valence-corrected chi connectivity index (χ3v) is 3.49. The number of hydrogen-bond donors (Lipinski definition) is 1. The smallest absolute Gasteiger partial charge is 0.239 e. The van der Waals surface area contributed by atoms with E-state index >= 15 is 0 Å². The van der Waals surface area contributed by atoms with E-state index in [2.05, 4.69) is 12.2 Å². The molecule has 0 radical (unpaired) electrons. The number of carbonyl (C=O) groups excluding carboxylic acids is 1. The second-order valence-corrected chi connectivity index (χ2v) is 4.76. The van der Waals surface area contributed by atoms with Crippen LogP contribution in [0.5, 0.6) is 5.75 Å². The van der Waals surface area contributed by atoms with Crippen LogP contribution in [0, 0.1) is 0 Å². The molecule has 0 bridgehead atoms. The van der Waals surface area contributed by atoms with Crippen molar-refractivity contribution in [3.05, 3.63) is 29.8 Å². The van der Waals surface area contributed by atoms with Crippen LogP contribution < -0.4 is 10.1 Å². The average Bonchev–Trinajstić information content (AvgIpc) is 2.71. The molecule has 1 aromatic rings. The number of likely N-dealkylation sites (tertiary alicyclic amines) is 1. The minimum Gasteiger partial charge on any atom is -0.497 e. The van der Waals surface area contributed by atoms with Gasteiger partial charge in [0.15, 0.2) is 0 Å². The Morgan fingerprint density at radius 3 is 2.56 bits per heavy atom. The van der Waals surface area contributed by atoms with Gasteiger partial charge in [-0.3, -0.25) is 10.1 Å². The number of rotatable bonds is 4. The third kappa shape index (κ3) is 2.64. The van der Waals surface area contributed by atoms with Crippen molar-refractivity contribution in [3.8, 4) is 5.75 Å². The lowest BCUT2D eigenvalue weighted by atomic mass is 10.1. The van der Waals surface area contributed by atoms with Gasteiger partial charge in [-0.25, -0.2) is 0 Å². The molecular weight excluding hydrogens is 228 g/mol. The van der Waals surface area contributed by atoms with E-state index in [0.717, 1.165) is 24.3 Å². The second kappa shape index (κ2) is 5.40. The highest BCUT2D eigenvalue weighted by atomic mass is 16.5. The molecule has 1 fully saturated rings. The summed E-state index contributed by atoms with van der Waals surface area (Å²) >= 11 is 0. The molecule has 1 aromatic carbocycles. The molecule has 1 saturated heterocycles. The lowest BCUT2D eigenvalue weighted by Crippen LogP contribution is -2.38. The summed E-state index contributed by atoms with van der Waals surface area (Å²) in [5.41, 5.74) is 1.16. The maximum Gasteiger partial charge on any atom is 0.239 e. The highest BCUT2D eigenvalue weighted by Gasteiger charge is 2.29. The maximum absolute atomic E-state index is 11.8. The van der Waals surface area contributed by atoms with Crippen LogP contribution >= 0.6 is 0 Å². The monoisotopic (exact) mass is 248 g/mol. The number of amides is 1. The number of ether oxygens (including phenoxy) is 1. The number of likely N-dealkylation sites (N-methyl/N-ethyl adjacent to an activating group) is 1. The first-order valence-electron chi connectivity index (χ1n) is 6.27. The van der Waals surface area contributed by atoms with Crippen LogP contribution in [0.3, 0.4) is 0 Å². The van der Waals surface area contributed by atoms with Gasteiger partial charge < -0.3 is 9.64 Å². The Morgan fingerprint density at radius 1 is 1.39 bits per heavy atom. The lowest BCUT2D eigenvalue weighted by molar-refractivity contribution is -0.128. The van der Waals surface area contributed by atoms with Crippen molar-refractivity contribution >= 4 is 5.91 Å². The molecule has 98 valence electrons. The Kier molecular flexibility index (Phi) is 3.87. The van der Waals surface area contributed by atoms with Gasteiger partial charge in [0, 0.05) is 19.6 Å². The molecule has 2 rings (SSSR count). The van der Waals surface area contributed by atoms with E-state index in [-0.39, 0.29) is 18.0 Å². The van der Waals surface area contributed by atoms with E-state index in [1.54, 1.807) is 12.0 Å². The van der Waals surface area contributed by atoms with Gasteiger partial charge in [0.25, 0.3) is 0 Å². The summed E-state index contributed by atoms with van der Waals surface area (Å²) in [6.45, 7) is 2.92. The van der Waals surface area contributed by atoms with Crippen molar-refractivity contribution in [2.45, 2.75) is 25.4 Å². The molecule has 2 atom stereocenters. The Hall–Kier alpha value is -1.55. The van der Waals surface area contributed by atoms with Gasteiger partial charge in [0.05, 0.1) is 13.2 Å². The van der Waals surface area contributed by atoms with Gasteiger partial charge in [-0.15, -0.1) is 0 Å². The van der Waals surface area contributed by atoms with Crippen molar-refractivity contribution in [2.75, 3.05) is 20.7 Å². The first kappa shape index (κ1) is 12.9. The van der Waals surface area contributed by atoms with Crippen molar-refractivity contribution in [3.63, 3.8) is 0 Å². The quantitative estimate of drug-likeness (QED) is 0.879. The molecule has 1 aliphatic rings. The number of carbonyl (C=O) groups is 1. The van der Waals surface area contributed by atoms with E-state index in [0.29, 0.717) is 0 Å². The Bertz CT molecular complexity index is 416. The summed E-state index contributed by atoms with van der Waals surface area (Å²) in [7, 11) is 3.51. The van der Waals surface area contributed by atoms with Crippen LogP contribution in [-0.2, 0) is 4.79 Å². The largest absolute Gasteiger partial charge is 0.497 e. The van der Waals surface area contributed by atoms with Gasteiger partial charge in [0.2, 0.25) is 5.91 Å². The van der Waals surface area contributed by atoms with Crippen LogP contribution in [0.1, 0.15) is 24.9 Å². The fraction of sp³-hybridized carbons (Fsp3) is 0.500. The predicted molar refractivity (Wildman–Crippen MR) is 70.6 cm³/mol. The molecule has 0 saturated carbocycles. The van der Waals surface area contributed by atoms with Crippen LogP contribution in [0.25, 0.3) is 0 Å². The predicted octanol–water partition coefficient (Wildman–Crippen LogP) is 1.58. The second-order valence-electron chi connectivity index (χ2n) is 4.76. The minimum absolute atomic E-state index is 0.0490. The SMILES string of the molecule is COc1ccc([C@@H](C)NC2CCN(C)C2=O)cc1. The molecule has 0 spiro atoms. The highest BCUT2D eigenvalue weighted by Crippen LogP contribution is 2.19. The number of benzene rings is 1. The van der Waals surface area contributed by atoms with Crippen molar-refractivity contribution in [2.24, 2.45) is 0 Å². The van der Waals surface area contributed by atoms with Gasteiger partial charge in [0.1, 0.15) is 5.75 Å². The van der Waals surface area contributed by atoms with Crippen molar-refractivity contribution < 1.29 is 9.53 Å². The average molecular weight is 248 g/mol. The van der Waals surface area contributed by atoms with E-state index in [1.807, 2.05) is 31.3 Å². The molecular formula is C14H20N2O2. The zero-order valence-corrected chi connectivity index (χ0v) is 11.1. The van der Waals surface area contributed by atoms with Crippen LogP contribution in [0.15, 0.2) is 24.3 Å². The lowest BCUT2D eigenvalue weighted by Gasteiger charge is -2.19. The van der Waals surface area contributed by atoms with Crippen molar-refractivity contribution in [1.82, 2.24) is 10.2 Å². The van der Waals surface area contributed by atoms with E-state index in [9.17, 15) is 4.79 Å². The minimum atomic E-state index is -0.0490. The molecule has 18 heavy (non-hydrogen) atoms. The number of hydrogen-bond acceptors (Lipinski definition) is 3. The maximum atomic E-state index is 11.8. The number of nitrogens with zero attached hydrogens (tertiary/aromatic N) is 1. The first-order chi connectivity index (χ1) is 8.61. The molecule has 0 aromatic heterocycles. The molecule has 0 aliphatic carbocycles. The summed E-state index contributed by atoms with van der Waals surface area (Å²) < 4.78 is 5.13. The topological polar surface area (TPSA) is 41.6 Å². The van der Waals surface area contributed by atoms with Gasteiger partial charge in [-0.05, 0) is 31.0 Å². The molecule has 1 heterocycles. The standard InChI is InChI=1S/C14H20N2O2/c1-10(11-4-6-12(18-3)7-5-11)15-13-8-9-16(2)14(13)17/h4-7,10,13,15H,8-9H2,1-3H3/t10-,13?/m1/s1. The summed E-state index contributed by atoms with van der Waals surface area (Å²) in [5.74, 6) is 1.04. The molecule has 1 amide bonds.